The van der Waals surface area contributed by atoms with E-state index in [2.05, 4.69) is 15.6 Å². The number of aromatic nitrogens is 3. The smallest absolute Gasteiger partial charge is 0.358 e. The molecule has 23 heavy (non-hydrogen) atoms. The van der Waals surface area contributed by atoms with E-state index in [1.807, 2.05) is 37.3 Å². The van der Waals surface area contributed by atoms with E-state index in [1.54, 1.807) is 12.2 Å². The molecule has 1 aromatic carbocycles. The molecule has 0 aliphatic carbocycles. The van der Waals surface area contributed by atoms with Gasteiger partial charge in [0.25, 0.3) is 0 Å². The van der Waals surface area contributed by atoms with Crippen LogP contribution < -0.4 is 5.32 Å². The fourth-order valence-electron chi connectivity index (χ4n) is 1.95. The maximum Gasteiger partial charge on any atom is 0.358 e. The Morgan fingerprint density at radius 2 is 2.00 bits per heavy atom. The lowest BCUT2D eigenvalue weighted by Crippen LogP contribution is -2.29. The van der Waals surface area contributed by atoms with Gasteiger partial charge in [0, 0.05) is 6.54 Å². The molecule has 0 atom stereocenters. The molecule has 2 aromatic rings. The van der Waals surface area contributed by atoms with Crippen molar-refractivity contribution in [1.82, 2.24) is 20.3 Å². The van der Waals surface area contributed by atoms with Crippen LogP contribution in [0, 0.1) is 0 Å². The quantitative estimate of drug-likeness (QED) is 0.810. The van der Waals surface area contributed by atoms with Gasteiger partial charge in [-0.05, 0) is 18.1 Å². The van der Waals surface area contributed by atoms with E-state index in [-0.39, 0.29) is 23.8 Å². The summed E-state index contributed by atoms with van der Waals surface area (Å²) in [5, 5.41) is 19.3. The SMILES string of the molecule is CCCNC(=O)Cn1nnc(C(=O)O)c1/C=C/c1ccccc1. The van der Waals surface area contributed by atoms with Crippen LogP contribution in [0.4, 0.5) is 0 Å². The zero-order valence-corrected chi connectivity index (χ0v) is 12.8. The number of aromatic carboxylic acids is 1. The molecule has 0 saturated carbocycles. The largest absolute Gasteiger partial charge is 0.476 e. The van der Waals surface area contributed by atoms with Crippen LogP contribution >= 0.6 is 0 Å². The monoisotopic (exact) mass is 314 g/mol. The Morgan fingerprint density at radius 1 is 1.26 bits per heavy atom. The van der Waals surface area contributed by atoms with Gasteiger partial charge in [0.2, 0.25) is 5.91 Å². The Balaban J connectivity index is 2.24. The van der Waals surface area contributed by atoms with Crippen LogP contribution in [-0.4, -0.2) is 38.5 Å². The summed E-state index contributed by atoms with van der Waals surface area (Å²) in [6.07, 6.45) is 4.18. The van der Waals surface area contributed by atoms with Gasteiger partial charge in [-0.1, -0.05) is 48.5 Å². The second kappa shape index (κ2) is 7.88. The third-order valence-electron chi connectivity index (χ3n) is 3.07. The minimum Gasteiger partial charge on any atom is -0.476 e. The molecule has 120 valence electrons. The highest BCUT2D eigenvalue weighted by Crippen LogP contribution is 2.11. The van der Waals surface area contributed by atoms with Crippen LogP contribution in [0.2, 0.25) is 0 Å². The van der Waals surface area contributed by atoms with Crippen LogP contribution in [-0.2, 0) is 11.3 Å². The molecule has 7 heteroatoms. The summed E-state index contributed by atoms with van der Waals surface area (Å²) in [5.74, 6) is -1.42. The Kier molecular flexibility index (Phi) is 5.62. The second-order valence-corrected chi connectivity index (χ2v) is 4.88. The van der Waals surface area contributed by atoms with E-state index in [0.717, 1.165) is 12.0 Å². The first kappa shape index (κ1) is 16.4. The highest BCUT2D eigenvalue weighted by atomic mass is 16.4. The predicted octanol–water partition coefficient (Wildman–Crippen LogP) is 1.67. The molecule has 1 aromatic heterocycles. The van der Waals surface area contributed by atoms with Crippen LogP contribution in [0.25, 0.3) is 12.2 Å². The molecule has 7 nitrogen and oxygen atoms in total. The van der Waals surface area contributed by atoms with Crippen molar-refractivity contribution in [3.63, 3.8) is 0 Å². The minimum atomic E-state index is -1.18. The minimum absolute atomic E-state index is 0.0747. The Bertz CT molecular complexity index is 707. The molecule has 0 aliphatic heterocycles. The van der Waals surface area contributed by atoms with Crippen molar-refractivity contribution in [3.8, 4) is 0 Å². The Labute approximate surface area is 133 Å². The lowest BCUT2D eigenvalue weighted by molar-refractivity contribution is -0.121. The number of hydrogen-bond donors (Lipinski definition) is 2. The summed E-state index contributed by atoms with van der Waals surface area (Å²) in [6, 6.07) is 9.43. The van der Waals surface area contributed by atoms with Gasteiger partial charge in [-0.25, -0.2) is 9.48 Å². The normalized spacial score (nSPS) is 10.8. The van der Waals surface area contributed by atoms with Crippen LogP contribution in [0.5, 0.6) is 0 Å². The number of benzene rings is 1. The number of amides is 1. The van der Waals surface area contributed by atoms with E-state index in [9.17, 15) is 14.7 Å². The van der Waals surface area contributed by atoms with Crippen LogP contribution in [0.1, 0.15) is 35.1 Å². The van der Waals surface area contributed by atoms with Crippen LogP contribution in [0.3, 0.4) is 0 Å². The number of nitrogens with zero attached hydrogens (tertiary/aromatic N) is 3. The van der Waals surface area contributed by atoms with Gasteiger partial charge in [-0.15, -0.1) is 5.10 Å². The lowest BCUT2D eigenvalue weighted by atomic mass is 10.2. The standard InChI is InChI=1S/C16H18N4O3/c1-2-10-17-14(21)11-20-13(15(16(22)23)18-19-20)9-8-12-6-4-3-5-7-12/h3-9H,2,10-11H2,1H3,(H,17,21)(H,22,23)/b9-8+. The van der Waals surface area contributed by atoms with E-state index >= 15 is 0 Å². The third-order valence-corrected chi connectivity index (χ3v) is 3.07. The average molecular weight is 314 g/mol. The first-order valence-electron chi connectivity index (χ1n) is 7.28. The predicted molar refractivity (Wildman–Crippen MR) is 85.7 cm³/mol. The molecular formula is C16H18N4O3. The van der Waals surface area contributed by atoms with E-state index < -0.39 is 5.97 Å². The molecule has 0 saturated heterocycles. The van der Waals surface area contributed by atoms with Crippen molar-refractivity contribution in [1.29, 1.82) is 0 Å². The molecule has 2 N–H and O–H groups in total. The van der Waals surface area contributed by atoms with Crippen molar-refractivity contribution >= 4 is 24.0 Å². The molecule has 0 radical (unpaired) electrons. The molecular weight excluding hydrogens is 296 g/mol. The highest BCUT2D eigenvalue weighted by Gasteiger charge is 2.18. The molecule has 0 aliphatic rings. The summed E-state index contributed by atoms with van der Waals surface area (Å²) in [5.41, 5.74) is 1.01. The maximum atomic E-state index is 11.8. The van der Waals surface area contributed by atoms with Gasteiger partial charge < -0.3 is 10.4 Å². The number of nitrogens with one attached hydrogen (secondary N) is 1. The van der Waals surface area contributed by atoms with Crippen molar-refractivity contribution in [2.24, 2.45) is 0 Å². The molecule has 2 rings (SSSR count). The second-order valence-electron chi connectivity index (χ2n) is 4.88. The van der Waals surface area contributed by atoms with Crippen molar-refractivity contribution in [2.75, 3.05) is 6.54 Å². The van der Waals surface area contributed by atoms with Gasteiger partial charge in [-0.3, -0.25) is 4.79 Å². The number of carbonyl (C=O) groups is 2. The van der Waals surface area contributed by atoms with Crippen molar-refractivity contribution in [3.05, 3.63) is 47.3 Å². The molecule has 1 heterocycles. The Hall–Kier alpha value is -2.96. The fraction of sp³-hybridized carbons (Fsp3) is 0.250. The van der Waals surface area contributed by atoms with Gasteiger partial charge in [0.15, 0.2) is 5.69 Å². The maximum absolute atomic E-state index is 11.8. The summed E-state index contributed by atoms with van der Waals surface area (Å²) in [4.78, 5) is 23.1. The average Bonchev–Trinajstić information content (AvgIpc) is 2.94. The fourth-order valence-corrected chi connectivity index (χ4v) is 1.95. The zero-order chi connectivity index (χ0) is 16.7. The number of carboxylic acids is 1. The van der Waals surface area contributed by atoms with E-state index in [1.165, 1.54) is 4.68 Å². The number of carboxylic acid groups (broad SMARTS) is 1. The van der Waals surface area contributed by atoms with Crippen LogP contribution in [0.15, 0.2) is 30.3 Å². The number of rotatable bonds is 7. The summed E-state index contributed by atoms with van der Waals surface area (Å²) >= 11 is 0. The van der Waals surface area contributed by atoms with Gasteiger partial charge in [0.05, 0.1) is 5.69 Å². The molecule has 1 amide bonds. The lowest BCUT2D eigenvalue weighted by Gasteiger charge is -2.05. The van der Waals surface area contributed by atoms with Gasteiger partial charge >= 0.3 is 5.97 Å². The summed E-state index contributed by atoms with van der Waals surface area (Å²) in [6.45, 7) is 2.44. The zero-order valence-electron chi connectivity index (χ0n) is 12.8. The topological polar surface area (TPSA) is 97.1 Å². The highest BCUT2D eigenvalue weighted by molar-refractivity contribution is 5.90. The molecule has 0 bridgehead atoms. The first-order chi connectivity index (χ1) is 11.1. The number of hydrogen-bond acceptors (Lipinski definition) is 4. The molecule has 0 spiro atoms. The van der Waals surface area contributed by atoms with Gasteiger partial charge in [-0.2, -0.15) is 0 Å². The molecule has 0 fully saturated rings. The summed E-state index contributed by atoms with van der Waals surface area (Å²) in [7, 11) is 0. The van der Waals surface area contributed by atoms with Gasteiger partial charge in [0.1, 0.15) is 6.54 Å². The van der Waals surface area contributed by atoms with E-state index in [4.69, 9.17) is 0 Å². The number of carbonyl (C=O) groups excluding carboxylic acids is 1. The van der Waals surface area contributed by atoms with Crippen molar-refractivity contribution in [2.45, 2.75) is 19.9 Å². The first-order valence-corrected chi connectivity index (χ1v) is 7.28. The van der Waals surface area contributed by atoms with Crippen molar-refractivity contribution < 1.29 is 14.7 Å². The molecule has 0 unspecified atom stereocenters. The Morgan fingerprint density at radius 3 is 2.65 bits per heavy atom. The summed E-state index contributed by atoms with van der Waals surface area (Å²) < 4.78 is 1.29. The third kappa shape index (κ3) is 4.50. The van der Waals surface area contributed by atoms with E-state index in [0.29, 0.717) is 6.54 Å².